The minimum Gasteiger partial charge on any atom is -0.379 e. The summed E-state index contributed by atoms with van der Waals surface area (Å²) < 4.78 is 5.36. The topological polar surface area (TPSA) is 63.2 Å². The van der Waals surface area contributed by atoms with E-state index in [4.69, 9.17) is 4.74 Å². The number of nitrogens with zero attached hydrogens (tertiary/aromatic N) is 1. The number of hydrogen-bond donors (Lipinski definition) is 2. The number of carbonyl (C=O) groups excluding carboxylic acids is 1. The molecule has 0 fully saturated rings. The molecular weight excluding hydrogens is 266 g/mol. The Labute approximate surface area is 127 Å². The summed E-state index contributed by atoms with van der Waals surface area (Å²) >= 11 is 0. The lowest BCUT2D eigenvalue weighted by atomic mass is 10.00. The van der Waals surface area contributed by atoms with Crippen LogP contribution in [-0.4, -0.2) is 36.3 Å². The molecule has 0 aliphatic carbocycles. The van der Waals surface area contributed by atoms with Gasteiger partial charge < -0.3 is 15.4 Å². The van der Waals surface area contributed by atoms with E-state index in [0.29, 0.717) is 6.54 Å². The molecule has 1 aromatic heterocycles. The summed E-state index contributed by atoms with van der Waals surface area (Å²) in [5, 5.41) is 5.78. The highest BCUT2D eigenvalue weighted by molar-refractivity contribution is 5.74. The van der Waals surface area contributed by atoms with Gasteiger partial charge in [-0.05, 0) is 52.2 Å². The number of rotatable bonds is 7. The Kier molecular flexibility index (Phi) is 6.62. The van der Waals surface area contributed by atoms with Crippen molar-refractivity contribution in [2.24, 2.45) is 0 Å². The Morgan fingerprint density at radius 2 is 2.14 bits per heavy atom. The van der Waals surface area contributed by atoms with E-state index in [9.17, 15) is 4.79 Å². The maximum Gasteiger partial charge on any atom is 0.315 e. The average Bonchev–Trinajstić information content (AvgIpc) is 2.40. The van der Waals surface area contributed by atoms with Crippen molar-refractivity contribution >= 4 is 6.03 Å². The predicted molar refractivity (Wildman–Crippen MR) is 84.4 cm³/mol. The molecule has 0 aliphatic rings. The molecule has 2 N–H and O–H groups in total. The van der Waals surface area contributed by atoms with E-state index >= 15 is 0 Å². The molecule has 0 unspecified atom stereocenters. The van der Waals surface area contributed by atoms with Crippen molar-refractivity contribution in [1.82, 2.24) is 15.6 Å². The molecule has 5 heteroatoms. The molecular formula is C16H27N3O2. The van der Waals surface area contributed by atoms with Crippen molar-refractivity contribution in [1.29, 1.82) is 0 Å². The lowest BCUT2D eigenvalue weighted by Gasteiger charge is -2.27. The van der Waals surface area contributed by atoms with E-state index in [-0.39, 0.29) is 17.7 Å². The van der Waals surface area contributed by atoms with Gasteiger partial charge >= 0.3 is 6.03 Å². The first-order valence-electron chi connectivity index (χ1n) is 7.33. The van der Waals surface area contributed by atoms with Crippen molar-refractivity contribution in [3.63, 3.8) is 0 Å². The normalized spacial score (nSPS) is 12.8. The monoisotopic (exact) mass is 293 g/mol. The zero-order chi connectivity index (χ0) is 15.9. The van der Waals surface area contributed by atoms with Gasteiger partial charge in [-0.2, -0.15) is 0 Å². The molecule has 1 heterocycles. The van der Waals surface area contributed by atoms with Crippen LogP contribution in [0.3, 0.4) is 0 Å². The van der Waals surface area contributed by atoms with Crippen LogP contribution >= 0.6 is 0 Å². The molecule has 1 aromatic rings. The van der Waals surface area contributed by atoms with E-state index in [1.54, 1.807) is 7.11 Å². The number of aryl methyl sites for hydroxylation is 1. The second kappa shape index (κ2) is 7.98. The Balaban J connectivity index is 2.26. The molecule has 0 bridgehead atoms. The molecule has 0 radical (unpaired) electrons. The van der Waals surface area contributed by atoms with Crippen LogP contribution in [0.2, 0.25) is 0 Å². The summed E-state index contributed by atoms with van der Waals surface area (Å²) in [5.74, 6) is 0. The zero-order valence-electron chi connectivity index (χ0n) is 13.7. The van der Waals surface area contributed by atoms with Gasteiger partial charge in [0.25, 0.3) is 0 Å². The standard InChI is InChI=1S/C16H27N3O2/c1-12-6-7-14(11-18-12)8-9-17-15(20)19-13(2)10-16(3,4)21-5/h6-7,11,13H,8-10H2,1-5H3,(H2,17,19,20)/t13-/m1/s1. The van der Waals surface area contributed by atoms with Gasteiger partial charge in [-0.25, -0.2) is 4.79 Å². The number of amides is 2. The van der Waals surface area contributed by atoms with Crippen LogP contribution in [0.25, 0.3) is 0 Å². The molecule has 0 aromatic carbocycles. The fourth-order valence-electron chi connectivity index (χ4n) is 2.11. The molecule has 0 saturated carbocycles. The SMILES string of the molecule is COC(C)(C)C[C@@H](C)NC(=O)NCCc1ccc(C)nc1. The summed E-state index contributed by atoms with van der Waals surface area (Å²) in [7, 11) is 1.68. The number of urea groups is 1. The minimum atomic E-state index is -0.236. The van der Waals surface area contributed by atoms with Crippen LogP contribution < -0.4 is 10.6 Å². The summed E-state index contributed by atoms with van der Waals surface area (Å²) in [6.45, 7) is 8.54. The molecule has 118 valence electrons. The van der Waals surface area contributed by atoms with Gasteiger partial charge in [0.2, 0.25) is 0 Å². The highest BCUT2D eigenvalue weighted by Crippen LogP contribution is 2.15. The molecule has 2 amide bonds. The van der Waals surface area contributed by atoms with Gasteiger partial charge in [0.05, 0.1) is 5.60 Å². The smallest absolute Gasteiger partial charge is 0.315 e. The van der Waals surface area contributed by atoms with Crippen LogP contribution in [0.1, 0.15) is 38.4 Å². The van der Waals surface area contributed by atoms with E-state index in [1.807, 2.05) is 46.0 Å². The third kappa shape index (κ3) is 7.09. The maximum atomic E-state index is 11.8. The number of ether oxygens (including phenoxy) is 1. The maximum absolute atomic E-state index is 11.8. The van der Waals surface area contributed by atoms with Crippen LogP contribution in [0.15, 0.2) is 18.3 Å². The predicted octanol–water partition coefficient (Wildman–Crippen LogP) is 2.44. The van der Waals surface area contributed by atoms with Crippen LogP contribution in [-0.2, 0) is 11.2 Å². The van der Waals surface area contributed by atoms with Gasteiger partial charge in [-0.15, -0.1) is 0 Å². The van der Waals surface area contributed by atoms with E-state index in [0.717, 1.165) is 24.1 Å². The van der Waals surface area contributed by atoms with Gasteiger partial charge in [-0.1, -0.05) is 6.07 Å². The van der Waals surface area contributed by atoms with Gasteiger partial charge in [-0.3, -0.25) is 4.98 Å². The summed E-state index contributed by atoms with van der Waals surface area (Å²) in [6.07, 6.45) is 3.39. The largest absolute Gasteiger partial charge is 0.379 e. The lowest BCUT2D eigenvalue weighted by Crippen LogP contribution is -2.44. The van der Waals surface area contributed by atoms with Crippen LogP contribution in [0, 0.1) is 6.92 Å². The van der Waals surface area contributed by atoms with Crippen molar-refractivity contribution in [3.8, 4) is 0 Å². The van der Waals surface area contributed by atoms with Gasteiger partial charge in [0.1, 0.15) is 0 Å². The number of hydrogen-bond acceptors (Lipinski definition) is 3. The molecule has 21 heavy (non-hydrogen) atoms. The fraction of sp³-hybridized carbons (Fsp3) is 0.625. The summed E-state index contributed by atoms with van der Waals surface area (Å²) in [4.78, 5) is 16.0. The molecule has 0 spiro atoms. The van der Waals surface area contributed by atoms with Crippen molar-refractivity contribution < 1.29 is 9.53 Å². The third-order valence-electron chi connectivity index (χ3n) is 3.40. The Morgan fingerprint density at radius 1 is 1.43 bits per heavy atom. The fourth-order valence-corrected chi connectivity index (χ4v) is 2.11. The Bertz CT molecular complexity index is 443. The van der Waals surface area contributed by atoms with Crippen molar-refractivity contribution in [2.45, 2.75) is 52.2 Å². The van der Waals surface area contributed by atoms with Crippen molar-refractivity contribution in [2.75, 3.05) is 13.7 Å². The van der Waals surface area contributed by atoms with E-state index in [2.05, 4.69) is 15.6 Å². The van der Waals surface area contributed by atoms with Gasteiger partial charge in [0.15, 0.2) is 0 Å². The number of aromatic nitrogens is 1. The summed E-state index contributed by atoms with van der Waals surface area (Å²) in [5.41, 5.74) is 1.88. The quantitative estimate of drug-likeness (QED) is 0.811. The third-order valence-corrected chi connectivity index (χ3v) is 3.40. The molecule has 1 rings (SSSR count). The second-order valence-corrected chi connectivity index (χ2v) is 6.03. The Morgan fingerprint density at radius 3 is 2.71 bits per heavy atom. The lowest BCUT2D eigenvalue weighted by molar-refractivity contribution is 0.00951. The number of pyridine rings is 1. The molecule has 0 aliphatic heterocycles. The Hall–Kier alpha value is -1.62. The second-order valence-electron chi connectivity index (χ2n) is 6.03. The van der Waals surface area contributed by atoms with Crippen molar-refractivity contribution in [3.05, 3.63) is 29.6 Å². The van der Waals surface area contributed by atoms with Crippen LogP contribution in [0.4, 0.5) is 4.79 Å². The number of carbonyl (C=O) groups is 1. The van der Waals surface area contributed by atoms with E-state index in [1.165, 1.54) is 0 Å². The van der Waals surface area contributed by atoms with E-state index < -0.39 is 0 Å². The zero-order valence-corrected chi connectivity index (χ0v) is 13.7. The summed E-state index contributed by atoms with van der Waals surface area (Å²) in [6, 6.07) is 3.92. The highest BCUT2D eigenvalue weighted by Gasteiger charge is 2.20. The molecule has 5 nitrogen and oxygen atoms in total. The van der Waals surface area contributed by atoms with Crippen LogP contribution in [0.5, 0.6) is 0 Å². The number of methoxy groups -OCH3 is 1. The first-order valence-corrected chi connectivity index (χ1v) is 7.33. The minimum absolute atomic E-state index is 0.0565. The average molecular weight is 293 g/mol. The first kappa shape index (κ1) is 17.4. The highest BCUT2D eigenvalue weighted by atomic mass is 16.5. The first-order chi connectivity index (χ1) is 9.82. The molecule has 0 saturated heterocycles. The number of nitrogens with one attached hydrogen (secondary N) is 2. The van der Waals surface area contributed by atoms with Gasteiger partial charge in [0, 0.05) is 31.6 Å². The molecule has 1 atom stereocenters.